The summed E-state index contributed by atoms with van der Waals surface area (Å²) in [5.74, 6) is 5.67. The Bertz CT molecular complexity index is 772. The number of nitrogens with one attached hydrogen (secondary N) is 1. The van der Waals surface area contributed by atoms with Gasteiger partial charge in [0.25, 0.3) is 0 Å². The molecule has 2 aromatic rings. The fourth-order valence-corrected chi connectivity index (χ4v) is 1.73. The van der Waals surface area contributed by atoms with Crippen LogP contribution in [0.2, 0.25) is 0 Å². The Labute approximate surface area is 133 Å². The molecule has 1 N–H and O–H groups in total. The van der Waals surface area contributed by atoms with Crippen LogP contribution in [-0.2, 0) is 11.3 Å². The Hall–Kier alpha value is -3.42. The van der Waals surface area contributed by atoms with Crippen molar-refractivity contribution in [1.29, 1.82) is 0 Å². The lowest BCUT2D eigenvalue weighted by Gasteiger charge is -2.04. The molecule has 6 heteroatoms. The number of azide groups is 1. The van der Waals surface area contributed by atoms with Gasteiger partial charge in [0.1, 0.15) is 6.61 Å². The Morgan fingerprint density at radius 1 is 1.22 bits per heavy atom. The maximum Gasteiger partial charge on any atom is 0.408 e. The molecule has 0 aliphatic rings. The molecule has 0 aliphatic carbocycles. The Balaban J connectivity index is 1.77. The van der Waals surface area contributed by atoms with Crippen LogP contribution in [0.15, 0.2) is 59.7 Å². The first-order valence-electron chi connectivity index (χ1n) is 6.86. The zero-order chi connectivity index (χ0) is 16.3. The van der Waals surface area contributed by atoms with E-state index >= 15 is 0 Å². The molecule has 0 aromatic heterocycles. The molecule has 0 saturated heterocycles. The van der Waals surface area contributed by atoms with Gasteiger partial charge in [-0.1, -0.05) is 59.4 Å². The average molecular weight is 306 g/mol. The van der Waals surface area contributed by atoms with Crippen LogP contribution in [0.1, 0.15) is 11.1 Å². The first-order valence-corrected chi connectivity index (χ1v) is 6.86. The van der Waals surface area contributed by atoms with Gasteiger partial charge in [-0.05, 0) is 23.2 Å². The standard InChI is InChI=1S/C17H14N4O2/c18-21-20-16-10-4-8-14(12-16)9-5-11-19-17(22)23-13-15-6-2-1-3-7-15/h1-4,6-8,10,12H,11,13H2,(H,19,22). The van der Waals surface area contributed by atoms with Crippen LogP contribution in [0.25, 0.3) is 10.4 Å². The van der Waals surface area contributed by atoms with Crippen LogP contribution in [0, 0.1) is 11.8 Å². The third-order valence-corrected chi connectivity index (χ3v) is 2.77. The van der Waals surface area contributed by atoms with E-state index in [0.717, 1.165) is 5.56 Å². The van der Waals surface area contributed by atoms with Crippen LogP contribution in [-0.4, -0.2) is 12.6 Å². The SMILES string of the molecule is [N-]=[N+]=Nc1cccc(C#CCNC(=O)OCc2ccccc2)c1. The Kier molecular flexibility index (Phi) is 6.09. The molecule has 2 aromatic carbocycles. The molecular formula is C17H14N4O2. The highest BCUT2D eigenvalue weighted by molar-refractivity contribution is 5.67. The van der Waals surface area contributed by atoms with Crippen molar-refractivity contribution < 1.29 is 9.53 Å². The predicted molar refractivity (Wildman–Crippen MR) is 86.8 cm³/mol. The van der Waals surface area contributed by atoms with Crippen molar-refractivity contribution in [2.24, 2.45) is 5.11 Å². The van der Waals surface area contributed by atoms with E-state index in [9.17, 15) is 4.79 Å². The van der Waals surface area contributed by atoms with Gasteiger partial charge in [0.2, 0.25) is 0 Å². The average Bonchev–Trinajstić information content (AvgIpc) is 2.58. The van der Waals surface area contributed by atoms with Gasteiger partial charge in [-0.3, -0.25) is 0 Å². The van der Waals surface area contributed by atoms with E-state index in [0.29, 0.717) is 11.3 Å². The number of carbonyl (C=O) groups excluding carboxylic acids is 1. The minimum Gasteiger partial charge on any atom is -0.445 e. The van der Waals surface area contributed by atoms with Crippen molar-refractivity contribution >= 4 is 11.8 Å². The van der Waals surface area contributed by atoms with Crippen LogP contribution in [0.4, 0.5) is 10.5 Å². The van der Waals surface area contributed by atoms with E-state index < -0.39 is 6.09 Å². The quantitative estimate of drug-likeness (QED) is 0.402. The maximum atomic E-state index is 11.5. The van der Waals surface area contributed by atoms with Crippen molar-refractivity contribution in [2.75, 3.05) is 6.54 Å². The minimum atomic E-state index is -0.522. The zero-order valence-electron chi connectivity index (χ0n) is 12.3. The van der Waals surface area contributed by atoms with Gasteiger partial charge < -0.3 is 10.1 Å². The molecule has 2 rings (SSSR count). The normalized spacial score (nSPS) is 9.04. The lowest BCUT2D eigenvalue weighted by molar-refractivity contribution is 0.141. The van der Waals surface area contributed by atoms with Gasteiger partial charge in [-0.25, -0.2) is 4.79 Å². The summed E-state index contributed by atoms with van der Waals surface area (Å²) in [7, 11) is 0. The maximum absolute atomic E-state index is 11.5. The molecule has 0 unspecified atom stereocenters. The fraction of sp³-hybridized carbons (Fsp3) is 0.118. The second-order valence-electron chi connectivity index (χ2n) is 4.46. The number of nitrogens with zero attached hydrogens (tertiary/aromatic N) is 3. The number of carbonyl (C=O) groups is 1. The Morgan fingerprint density at radius 2 is 2.04 bits per heavy atom. The van der Waals surface area contributed by atoms with Gasteiger partial charge >= 0.3 is 6.09 Å². The smallest absolute Gasteiger partial charge is 0.408 e. The number of ether oxygens (including phenoxy) is 1. The summed E-state index contributed by atoms with van der Waals surface area (Å²) in [6, 6.07) is 16.3. The lowest BCUT2D eigenvalue weighted by Crippen LogP contribution is -2.24. The summed E-state index contributed by atoms with van der Waals surface area (Å²) in [6.07, 6.45) is -0.522. The molecule has 0 spiro atoms. The predicted octanol–water partition coefficient (Wildman–Crippen LogP) is 3.91. The van der Waals surface area contributed by atoms with Crippen LogP contribution in [0.5, 0.6) is 0 Å². The molecule has 0 atom stereocenters. The fourth-order valence-electron chi connectivity index (χ4n) is 1.73. The van der Waals surface area contributed by atoms with Crippen molar-refractivity contribution in [3.8, 4) is 11.8 Å². The van der Waals surface area contributed by atoms with Crippen molar-refractivity contribution in [3.63, 3.8) is 0 Å². The Morgan fingerprint density at radius 3 is 2.83 bits per heavy atom. The first-order chi connectivity index (χ1) is 11.3. The highest BCUT2D eigenvalue weighted by atomic mass is 16.5. The number of alkyl carbamates (subject to hydrolysis) is 1. The minimum absolute atomic E-state index is 0.166. The summed E-state index contributed by atoms with van der Waals surface area (Å²) in [5, 5.41) is 6.05. The number of amides is 1. The van der Waals surface area contributed by atoms with Crippen molar-refractivity contribution in [3.05, 3.63) is 76.2 Å². The van der Waals surface area contributed by atoms with Gasteiger partial charge in [-0.2, -0.15) is 0 Å². The number of benzene rings is 2. The number of hydrogen-bond donors (Lipinski definition) is 1. The lowest BCUT2D eigenvalue weighted by atomic mass is 10.2. The second-order valence-corrected chi connectivity index (χ2v) is 4.46. The van der Waals surface area contributed by atoms with Gasteiger partial charge in [-0.15, -0.1) is 0 Å². The molecule has 23 heavy (non-hydrogen) atoms. The molecule has 6 nitrogen and oxygen atoms in total. The molecule has 1 amide bonds. The first kappa shape index (κ1) is 16.0. The summed E-state index contributed by atoms with van der Waals surface area (Å²) in [6.45, 7) is 0.383. The van der Waals surface area contributed by atoms with Crippen LogP contribution >= 0.6 is 0 Å². The topological polar surface area (TPSA) is 87.1 Å². The third kappa shape index (κ3) is 5.84. The molecule has 0 heterocycles. The van der Waals surface area contributed by atoms with E-state index in [1.165, 1.54) is 0 Å². The van der Waals surface area contributed by atoms with E-state index in [1.54, 1.807) is 24.3 Å². The third-order valence-electron chi connectivity index (χ3n) is 2.77. The summed E-state index contributed by atoms with van der Waals surface area (Å²) in [5.41, 5.74) is 10.5. The molecular weight excluding hydrogens is 292 g/mol. The summed E-state index contributed by atoms with van der Waals surface area (Å²) in [4.78, 5) is 14.2. The largest absolute Gasteiger partial charge is 0.445 e. The molecule has 0 radical (unpaired) electrons. The van der Waals surface area contributed by atoms with Gasteiger partial charge in [0, 0.05) is 16.2 Å². The zero-order valence-corrected chi connectivity index (χ0v) is 12.3. The highest BCUT2D eigenvalue weighted by Crippen LogP contribution is 2.13. The molecule has 0 aliphatic heterocycles. The number of hydrogen-bond acceptors (Lipinski definition) is 3. The van der Waals surface area contributed by atoms with E-state index in [1.807, 2.05) is 30.3 Å². The van der Waals surface area contributed by atoms with Crippen LogP contribution in [0.3, 0.4) is 0 Å². The van der Waals surface area contributed by atoms with E-state index in [2.05, 4.69) is 27.2 Å². The summed E-state index contributed by atoms with van der Waals surface area (Å²) >= 11 is 0. The van der Waals surface area contributed by atoms with Gasteiger partial charge in [0.15, 0.2) is 0 Å². The molecule has 0 bridgehead atoms. The monoisotopic (exact) mass is 306 g/mol. The van der Waals surface area contributed by atoms with Crippen LogP contribution < -0.4 is 5.32 Å². The van der Waals surface area contributed by atoms with Crippen molar-refractivity contribution in [1.82, 2.24) is 5.32 Å². The number of rotatable bonds is 4. The molecule has 0 fully saturated rings. The molecule has 114 valence electrons. The molecule has 0 saturated carbocycles. The van der Waals surface area contributed by atoms with Gasteiger partial charge in [0.05, 0.1) is 6.54 Å². The van der Waals surface area contributed by atoms with E-state index in [4.69, 9.17) is 10.3 Å². The second kappa shape index (κ2) is 8.78. The summed E-state index contributed by atoms with van der Waals surface area (Å²) < 4.78 is 5.06. The van der Waals surface area contributed by atoms with E-state index in [-0.39, 0.29) is 13.2 Å². The highest BCUT2D eigenvalue weighted by Gasteiger charge is 2.00. The van der Waals surface area contributed by atoms with Crippen molar-refractivity contribution in [2.45, 2.75) is 6.61 Å².